The van der Waals surface area contributed by atoms with Crippen LogP contribution < -0.4 is 10.6 Å². The molecule has 1 amide bonds. The largest absolute Gasteiger partial charge is 0.347 e. The molecule has 0 aliphatic carbocycles. The maximum Gasteiger partial charge on any atom is 0.270 e. The number of amides is 1. The number of anilines is 2. The Labute approximate surface area is 165 Å². The lowest BCUT2D eigenvalue weighted by Gasteiger charge is -2.19. The fraction of sp³-hybridized carbons (Fsp3) is 0.273. The van der Waals surface area contributed by atoms with E-state index in [2.05, 4.69) is 58.5 Å². The van der Waals surface area contributed by atoms with Gasteiger partial charge < -0.3 is 10.6 Å². The number of benzene rings is 1. The van der Waals surface area contributed by atoms with Gasteiger partial charge in [0.25, 0.3) is 5.91 Å². The molecule has 0 radical (unpaired) electrons. The maximum atomic E-state index is 12.5. The van der Waals surface area contributed by atoms with Crippen LogP contribution in [-0.2, 0) is 12.0 Å². The van der Waals surface area contributed by atoms with E-state index in [0.29, 0.717) is 23.9 Å². The number of hydrogen-bond donors (Lipinski definition) is 2. The molecule has 1 aromatic carbocycles. The van der Waals surface area contributed by atoms with Crippen molar-refractivity contribution in [3.8, 4) is 0 Å². The molecule has 3 rings (SSSR count). The Morgan fingerprint density at radius 3 is 2.46 bits per heavy atom. The first-order valence-electron chi connectivity index (χ1n) is 9.21. The molecule has 2 aromatic heterocycles. The second-order valence-electron chi connectivity index (χ2n) is 7.68. The van der Waals surface area contributed by atoms with Gasteiger partial charge in [0, 0.05) is 30.7 Å². The smallest absolute Gasteiger partial charge is 0.270 e. The molecule has 0 fully saturated rings. The molecule has 6 heteroatoms. The third-order valence-electron chi connectivity index (χ3n) is 4.27. The maximum absolute atomic E-state index is 12.5. The van der Waals surface area contributed by atoms with Crippen molar-refractivity contribution >= 4 is 17.4 Å². The highest BCUT2D eigenvalue weighted by Crippen LogP contribution is 2.24. The number of nitrogens with zero attached hydrogens (tertiary/aromatic N) is 3. The Morgan fingerprint density at radius 1 is 1.07 bits per heavy atom. The van der Waals surface area contributed by atoms with Gasteiger partial charge in [0.1, 0.15) is 17.3 Å². The lowest BCUT2D eigenvalue weighted by atomic mass is 9.87. The Kier molecular flexibility index (Phi) is 5.68. The first-order chi connectivity index (χ1) is 13.3. The number of carbonyl (C=O) groups is 1. The zero-order chi connectivity index (χ0) is 20.1. The summed E-state index contributed by atoms with van der Waals surface area (Å²) in [6, 6.07) is 13.6. The minimum absolute atomic E-state index is 0.101. The third-order valence-corrected chi connectivity index (χ3v) is 4.27. The number of aromatic nitrogens is 3. The van der Waals surface area contributed by atoms with Gasteiger partial charge in [-0.25, -0.2) is 9.97 Å². The summed E-state index contributed by atoms with van der Waals surface area (Å²) in [7, 11) is 0. The van der Waals surface area contributed by atoms with Crippen LogP contribution in [0.1, 0.15) is 48.2 Å². The summed E-state index contributed by atoms with van der Waals surface area (Å²) in [5.74, 6) is 0.867. The molecule has 0 unspecified atom stereocenters. The average Bonchev–Trinajstić information content (AvgIpc) is 2.66. The predicted molar refractivity (Wildman–Crippen MR) is 111 cm³/mol. The Morgan fingerprint density at radius 2 is 1.82 bits per heavy atom. The van der Waals surface area contributed by atoms with Crippen LogP contribution in [0, 0.1) is 6.92 Å². The van der Waals surface area contributed by atoms with Crippen LogP contribution in [0.5, 0.6) is 0 Å². The molecule has 6 nitrogen and oxygen atoms in total. The highest BCUT2D eigenvalue weighted by Gasteiger charge is 2.14. The minimum atomic E-state index is -0.250. The van der Waals surface area contributed by atoms with Crippen LogP contribution in [0.4, 0.5) is 11.5 Å². The molecule has 0 atom stereocenters. The molecule has 0 saturated heterocycles. The quantitative estimate of drug-likeness (QED) is 0.700. The van der Waals surface area contributed by atoms with E-state index < -0.39 is 0 Å². The fourth-order valence-corrected chi connectivity index (χ4v) is 2.73. The number of hydrogen-bond acceptors (Lipinski definition) is 5. The van der Waals surface area contributed by atoms with Crippen LogP contribution in [0.2, 0.25) is 0 Å². The molecule has 144 valence electrons. The summed E-state index contributed by atoms with van der Waals surface area (Å²) < 4.78 is 0. The highest BCUT2D eigenvalue weighted by atomic mass is 16.1. The summed E-state index contributed by atoms with van der Waals surface area (Å²) in [6.45, 7) is 8.71. The summed E-state index contributed by atoms with van der Waals surface area (Å²) in [6.07, 6.45) is 3.42. The molecule has 0 saturated carbocycles. The van der Waals surface area contributed by atoms with Crippen molar-refractivity contribution in [3.63, 3.8) is 0 Å². The van der Waals surface area contributed by atoms with Crippen LogP contribution in [0.15, 0.2) is 54.9 Å². The van der Waals surface area contributed by atoms with Crippen molar-refractivity contribution in [2.24, 2.45) is 0 Å². The zero-order valence-electron chi connectivity index (χ0n) is 16.7. The first kappa shape index (κ1) is 19.5. The highest BCUT2D eigenvalue weighted by molar-refractivity contribution is 5.93. The molecule has 0 aliphatic heterocycles. The Bertz CT molecular complexity index is 947. The summed E-state index contributed by atoms with van der Waals surface area (Å²) in [4.78, 5) is 25.2. The van der Waals surface area contributed by atoms with Crippen molar-refractivity contribution in [1.82, 2.24) is 20.3 Å². The fourth-order valence-electron chi connectivity index (χ4n) is 2.73. The van der Waals surface area contributed by atoms with Crippen molar-refractivity contribution in [2.75, 3.05) is 5.32 Å². The molecular weight excluding hydrogens is 350 g/mol. The third kappa shape index (κ3) is 5.13. The van der Waals surface area contributed by atoms with E-state index >= 15 is 0 Å². The lowest BCUT2D eigenvalue weighted by Crippen LogP contribution is -2.24. The molecule has 28 heavy (non-hydrogen) atoms. The van der Waals surface area contributed by atoms with Gasteiger partial charge in [0.05, 0.1) is 0 Å². The molecule has 2 heterocycles. The van der Waals surface area contributed by atoms with E-state index in [-0.39, 0.29) is 11.3 Å². The topological polar surface area (TPSA) is 79.8 Å². The van der Waals surface area contributed by atoms with Crippen LogP contribution in [0.25, 0.3) is 0 Å². The lowest BCUT2D eigenvalue weighted by molar-refractivity contribution is 0.0945. The van der Waals surface area contributed by atoms with Gasteiger partial charge in [-0.05, 0) is 41.7 Å². The monoisotopic (exact) mass is 375 g/mol. The van der Waals surface area contributed by atoms with Crippen LogP contribution in [-0.4, -0.2) is 20.9 Å². The summed E-state index contributed by atoms with van der Waals surface area (Å²) >= 11 is 0. The standard InChI is InChI=1S/C22H25N5O/c1-15-25-19(21(28)24-14-16-6-5-11-23-13-16)12-20(26-15)27-18-9-7-17(8-10-18)22(2,3)4/h5-13H,14H2,1-4H3,(H,24,28)(H,25,26,27). The van der Waals surface area contributed by atoms with Gasteiger partial charge in [-0.1, -0.05) is 39.0 Å². The van der Waals surface area contributed by atoms with Gasteiger partial charge in [0.2, 0.25) is 0 Å². The summed E-state index contributed by atoms with van der Waals surface area (Å²) in [5.41, 5.74) is 3.52. The van der Waals surface area contributed by atoms with E-state index in [1.54, 1.807) is 25.4 Å². The van der Waals surface area contributed by atoms with E-state index in [1.165, 1.54) is 5.56 Å². The van der Waals surface area contributed by atoms with E-state index in [9.17, 15) is 4.79 Å². The normalized spacial score (nSPS) is 11.1. The van der Waals surface area contributed by atoms with Gasteiger partial charge in [0.15, 0.2) is 0 Å². The SMILES string of the molecule is Cc1nc(Nc2ccc(C(C)(C)C)cc2)cc(C(=O)NCc2cccnc2)n1. The predicted octanol–water partition coefficient (Wildman–Crippen LogP) is 4.15. The molecule has 2 N–H and O–H groups in total. The number of aryl methyl sites for hydroxylation is 1. The van der Waals surface area contributed by atoms with Gasteiger partial charge in [-0.3, -0.25) is 9.78 Å². The number of pyridine rings is 1. The van der Waals surface area contributed by atoms with E-state index in [1.807, 2.05) is 24.3 Å². The van der Waals surface area contributed by atoms with Crippen molar-refractivity contribution < 1.29 is 4.79 Å². The van der Waals surface area contributed by atoms with Crippen molar-refractivity contribution in [1.29, 1.82) is 0 Å². The second kappa shape index (κ2) is 8.17. The molecule has 3 aromatic rings. The number of carbonyl (C=O) groups excluding carboxylic acids is 1. The number of nitrogens with one attached hydrogen (secondary N) is 2. The van der Waals surface area contributed by atoms with Crippen molar-refractivity contribution in [3.05, 3.63) is 77.5 Å². The van der Waals surface area contributed by atoms with E-state index in [0.717, 1.165) is 11.3 Å². The first-order valence-corrected chi connectivity index (χ1v) is 9.21. The van der Waals surface area contributed by atoms with E-state index in [4.69, 9.17) is 0 Å². The second-order valence-corrected chi connectivity index (χ2v) is 7.68. The van der Waals surface area contributed by atoms with Crippen LogP contribution in [0.3, 0.4) is 0 Å². The minimum Gasteiger partial charge on any atom is -0.347 e. The zero-order valence-corrected chi connectivity index (χ0v) is 16.7. The average molecular weight is 375 g/mol. The molecule has 0 spiro atoms. The van der Waals surface area contributed by atoms with Gasteiger partial charge >= 0.3 is 0 Å². The van der Waals surface area contributed by atoms with Crippen molar-refractivity contribution in [2.45, 2.75) is 39.7 Å². The molecule has 0 aliphatic rings. The molecular formula is C22H25N5O. The van der Waals surface area contributed by atoms with Gasteiger partial charge in [-0.2, -0.15) is 0 Å². The van der Waals surface area contributed by atoms with Gasteiger partial charge in [-0.15, -0.1) is 0 Å². The molecule has 0 bridgehead atoms. The Hall–Kier alpha value is -3.28. The number of rotatable bonds is 5. The Balaban J connectivity index is 1.71. The van der Waals surface area contributed by atoms with Crippen LogP contribution >= 0.6 is 0 Å². The summed E-state index contributed by atoms with van der Waals surface area (Å²) in [5, 5.41) is 6.11.